The highest BCUT2D eigenvalue weighted by atomic mass is 32.2. The lowest BCUT2D eigenvalue weighted by atomic mass is 10.0. The number of nitrogens with two attached hydrogens (primary N) is 1. The Morgan fingerprint density at radius 3 is 2.21 bits per heavy atom. The Labute approximate surface area is 170 Å². The van der Waals surface area contributed by atoms with Crippen LogP contribution >= 0.6 is 11.8 Å². The number of amides is 2. The molecule has 156 valence electrons. The monoisotopic (exact) mass is 409 g/mol. The van der Waals surface area contributed by atoms with E-state index in [1.54, 1.807) is 23.9 Å². The molecule has 0 aliphatic rings. The van der Waals surface area contributed by atoms with Gasteiger partial charge in [-0.15, -0.1) is 0 Å². The molecular weight excluding hydrogens is 378 g/mol. The molecule has 1 rings (SSSR count). The molecule has 0 fully saturated rings. The first-order valence-corrected chi connectivity index (χ1v) is 10.8. The fraction of sp³-hybridized carbons (Fsp3) is 0.550. The van der Waals surface area contributed by atoms with Crippen LogP contribution in [0.15, 0.2) is 30.3 Å². The van der Waals surface area contributed by atoms with Gasteiger partial charge in [-0.25, -0.2) is 4.79 Å². The van der Waals surface area contributed by atoms with E-state index in [0.717, 1.165) is 5.56 Å². The molecule has 0 saturated heterocycles. The molecule has 3 atom stereocenters. The zero-order valence-corrected chi connectivity index (χ0v) is 17.5. The SMILES string of the molecule is CSCC[C@H](NC(=O)[C@@H](N)CC(C)C)C(=O)N[C@@H](Cc1ccccc1)C(=O)O. The Bertz CT molecular complexity index is 640. The molecule has 0 spiro atoms. The molecule has 0 bridgehead atoms. The fourth-order valence-electron chi connectivity index (χ4n) is 2.72. The van der Waals surface area contributed by atoms with Crippen LogP contribution < -0.4 is 16.4 Å². The third-order valence-electron chi connectivity index (χ3n) is 4.20. The van der Waals surface area contributed by atoms with Crippen LogP contribution in [0.3, 0.4) is 0 Å². The summed E-state index contributed by atoms with van der Waals surface area (Å²) in [6.45, 7) is 3.93. The van der Waals surface area contributed by atoms with Crippen molar-refractivity contribution in [3.63, 3.8) is 0 Å². The summed E-state index contributed by atoms with van der Waals surface area (Å²) in [5.41, 5.74) is 6.71. The molecule has 28 heavy (non-hydrogen) atoms. The molecule has 0 aliphatic carbocycles. The number of hydrogen-bond donors (Lipinski definition) is 4. The van der Waals surface area contributed by atoms with Crippen molar-refractivity contribution in [1.82, 2.24) is 10.6 Å². The number of carboxylic acids is 1. The van der Waals surface area contributed by atoms with E-state index in [1.807, 2.05) is 38.3 Å². The summed E-state index contributed by atoms with van der Waals surface area (Å²) in [5.74, 6) is -1.13. The van der Waals surface area contributed by atoms with Crippen molar-refractivity contribution in [2.24, 2.45) is 11.7 Å². The van der Waals surface area contributed by atoms with Crippen molar-refractivity contribution in [2.45, 2.75) is 51.2 Å². The highest BCUT2D eigenvalue weighted by Gasteiger charge is 2.28. The number of carbonyl (C=O) groups excluding carboxylic acids is 2. The highest BCUT2D eigenvalue weighted by molar-refractivity contribution is 7.98. The van der Waals surface area contributed by atoms with Crippen LogP contribution in [0, 0.1) is 5.92 Å². The third kappa shape index (κ3) is 8.75. The van der Waals surface area contributed by atoms with Crippen molar-refractivity contribution in [3.05, 3.63) is 35.9 Å². The molecule has 1 aromatic rings. The van der Waals surface area contributed by atoms with Gasteiger partial charge in [0.2, 0.25) is 11.8 Å². The molecule has 0 heterocycles. The van der Waals surface area contributed by atoms with Gasteiger partial charge in [-0.05, 0) is 36.3 Å². The van der Waals surface area contributed by atoms with Gasteiger partial charge in [0.1, 0.15) is 12.1 Å². The summed E-state index contributed by atoms with van der Waals surface area (Å²) in [5, 5.41) is 14.7. The highest BCUT2D eigenvalue weighted by Crippen LogP contribution is 2.07. The van der Waals surface area contributed by atoms with E-state index in [4.69, 9.17) is 5.73 Å². The number of nitrogens with one attached hydrogen (secondary N) is 2. The lowest BCUT2D eigenvalue weighted by Gasteiger charge is -2.23. The maximum Gasteiger partial charge on any atom is 0.326 e. The van der Waals surface area contributed by atoms with E-state index >= 15 is 0 Å². The van der Waals surface area contributed by atoms with E-state index in [9.17, 15) is 19.5 Å². The van der Waals surface area contributed by atoms with E-state index in [1.165, 1.54) is 0 Å². The lowest BCUT2D eigenvalue weighted by Crippen LogP contribution is -2.55. The maximum atomic E-state index is 12.7. The second kappa shape index (κ2) is 12.4. The van der Waals surface area contributed by atoms with Gasteiger partial charge in [0, 0.05) is 6.42 Å². The molecule has 0 aliphatic heterocycles. The van der Waals surface area contributed by atoms with Crippen molar-refractivity contribution in [1.29, 1.82) is 0 Å². The number of benzene rings is 1. The van der Waals surface area contributed by atoms with Gasteiger partial charge in [-0.1, -0.05) is 44.2 Å². The van der Waals surface area contributed by atoms with E-state index < -0.39 is 35.9 Å². The summed E-state index contributed by atoms with van der Waals surface area (Å²) in [6, 6.07) is 6.47. The zero-order chi connectivity index (χ0) is 21.1. The first kappa shape index (κ1) is 24.0. The zero-order valence-electron chi connectivity index (χ0n) is 16.7. The minimum atomic E-state index is -1.12. The average Bonchev–Trinajstić information content (AvgIpc) is 2.64. The van der Waals surface area contributed by atoms with E-state index in [2.05, 4.69) is 10.6 Å². The van der Waals surface area contributed by atoms with Crippen LogP contribution in [-0.4, -0.2) is 53.0 Å². The second-order valence-corrected chi connectivity index (χ2v) is 8.15. The number of rotatable bonds is 12. The molecule has 2 amide bonds. The van der Waals surface area contributed by atoms with Crippen LogP contribution in [0.4, 0.5) is 0 Å². The Kier molecular flexibility index (Phi) is 10.6. The summed E-state index contributed by atoms with van der Waals surface area (Å²) < 4.78 is 0. The Morgan fingerprint density at radius 2 is 1.68 bits per heavy atom. The van der Waals surface area contributed by atoms with Crippen LogP contribution in [-0.2, 0) is 20.8 Å². The average molecular weight is 410 g/mol. The van der Waals surface area contributed by atoms with Gasteiger partial charge in [0.05, 0.1) is 6.04 Å². The molecule has 0 saturated carbocycles. The Hall–Kier alpha value is -2.06. The summed E-state index contributed by atoms with van der Waals surface area (Å²) in [6.07, 6.45) is 2.97. The quantitative estimate of drug-likeness (QED) is 0.414. The first-order valence-electron chi connectivity index (χ1n) is 9.36. The van der Waals surface area contributed by atoms with Gasteiger partial charge in [0.15, 0.2) is 0 Å². The van der Waals surface area contributed by atoms with Crippen LogP contribution in [0.2, 0.25) is 0 Å². The Balaban J connectivity index is 2.80. The topological polar surface area (TPSA) is 122 Å². The van der Waals surface area contributed by atoms with Gasteiger partial charge in [-0.3, -0.25) is 9.59 Å². The van der Waals surface area contributed by atoms with Crippen molar-refractivity contribution >= 4 is 29.5 Å². The number of thioether (sulfide) groups is 1. The van der Waals surface area contributed by atoms with Crippen LogP contribution in [0.25, 0.3) is 0 Å². The maximum absolute atomic E-state index is 12.7. The number of aliphatic carboxylic acids is 1. The number of carbonyl (C=O) groups is 3. The van der Waals surface area contributed by atoms with Gasteiger partial charge in [-0.2, -0.15) is 11.8 Å². The van der Waals surface area contributed by atoms with Crippen LogP contribution in [0.5, 0.6) is 0 Å². The molecule has 0 radical (unpaired) electrons. The standard InChI is InChI=1S/C20H31N3O4S/c1-13(2)11-15(21)18(24)22-16(9-10-28-3)19(25)23-17(20(26)27)12-14-7-5-4-6-8-14/h4-8,13,15-17H,9-12,21H2,1-3H3,(H,22,24)(H,23,25)(H,26,27)/t15-,16-,17-/m0/s1. The number of carboxylic acid groups (broad SMARTS) is 1. The molecular formula is C20H31N3O4S. The molecule has 0 unspecified atom stereocenters. The molecule has 7 nitrogen and oxygen atoms in total. The smallest absolute Gasteiger partial charge is 0.326 e. The normalized spacial score (nSPS) is 14.2. The summed E-state index contributed by atoms with van der Waals surface area (Å²) in [7, 11) is 0. The van der Waals surface area contributed by atoms with Gasteiger partial charge in [0.25, 0.3) is 0 Å². The van der Waals surface area contributed by atoms with Crippen LogP contribution in [0.1, 0.15) is 32.3 Å². The van der Waals surface area contributed by atoms with E-state index in [-0.39, 0.29) is 12.3 Å². The second-order valence-electron chi connectivity index (χ2n) is 7.17. The summed E-state index contributed by atoms with van der Waals surface area (Å²) >= 11 is 1.54. The predicted octanol–water partition coefficient (Wildman–Crippen LogP) is 1.41. The number of hydrogen-bond acceptors (Lipinski definition) is 5. The molecule has 5 N–H and O–H groups in total. The molecule has 8 heteroatoms. The molecule has 0 aromatic heterocycles. The van der Waals surface area contributed by atoms with Gasteiger partial charge >= 0.3 is 5.97 Å². The largest absolute Gasteiger partial charge is 0.480 e. The predicted molar refractivity (Wildman–Crippen MR) is 112 cm³/mol. The lowest BCUT2D eigenvalue weighted by molar-refractivity contribution is -0.142. The minimum absolute atomic E-state index is 0.165. The van der Waals surface area contributed by atoms with Crippen molar-refractivity contribution in [2.75, 3.05) is 12.0 Å². The van der Waals surface area contributed by atoms with E-state index in [0.29, 0.717) is 18.6 Å². The van der Waals surface area contributed by atoms with Crippen molar-refractivity contribution < 1.29 is 19.5 Å². The fourth-order valence-corrected chi connectivity index (χ4v) is 3.19. The first-order chi connectivity index (χ1) is 13.2. The summed E-state index contributed by atoms with van der Waals surface area (Å²) in [4.78, 5) is 36.6. The minimum Gasteiger partial charge on any atom is -0.480 e. The Morgan fingerprint density at radius 1 is 1.07 bits per heavy atom. The molecule has 1 aromatic carbocycles. The third-order valence-corrected chi connectivity index (χ3v) is 4.85. The van der Waals surface area contributed by atoms with Crippen molar-refractivity contribution in [3.8, 4) is 0 Å². The van der Waals surface area contributed by atoms with Gasteiger partial charge < -0.3 is 21.5 Å².